The predicted octanol–water partition coefficient (Wildman–Crippen LogP) is 4.29. The lowest BCUT2D eigenvalue weighted by Gasteiger charge is -2.47. The maximum Gasteiger partial charge on any atom is 0.410 e. The van der Waals surface area contributed by atoms with Gasteiger partial charge < -0.3 is 9.64 Å². The summed E-state index contributed by atoms with van der Waals surface area (Å²) in [6.07, 6.45) is 4.20. The van der Waals surface area contributed by atoms with Gasteiger partial charge in [-0.1, -0.05) is 42.5 Å². The van der Waals surface area contributed by atoms with Crippen LogP contribution in [0.15, 0.2) is 66.7 Å². The molecule has 2 aromatic carbocycles. The predicted molar refractivity (Wildman–Crippen MR) is 108 cm³/mol. The SMILES string of the molecule is C[C@H]1C[C@]2(C=CC(=O)N2c2cccc(F)c2)CCN1C(=O)OCc1ccccc1. The van der Waals surface area contributed by atoms with Crippen molar-refractivity contribution in [2.24, 2.45) is 0 Å². The highest BCUT2D eigenvalue weighted by atomic mass is 19.1. The zero-order valence-corrected chi connectivity index (χ0v) is 16.3. The average Bonchev–Trinajstić information content (AvgIpc) is 3.02. The number of hydrogen-bond acceptors (Lipinski definition) is 3. The smallest absolute Gasteiger partial charge is 0.410 e. The molecule has 0 aromatic heterocycles. The van der Waals surface area contributed by atoms with Gasteiger partial charge in [-0.05, 0) is 43.5 Å². The highest BCUT2D eigenvalue weighted by molar-refractivity contribution is 6.06. The minimum absolute atomic E-state index is 0.126. The molecule has 1 fully saturated rings. The minimum atomic E-state index is -0.555. The molecular weight excluding hydrogens is 371 g/mol. The van der Waals surface area contributed by atoms with E-state index in [4.69, 9.17) is 4.74 Å². The molecule has 150 valence electrons. The quantitative estimate of drug-likeness (QED) is 0.780. The Morgan fingerprint density at radius 1 is 1.21 bits per heavy atom. The van der Waals surface area contributed by atoms with E-state index >= 15 is 0 Å². The van der Waals surface area contributed by atoms with Crippen molar-refractivity contribution < 1.29 is 18.7 Å². The van der Waals surface area contributed by atoms with Crippen molar-refractivity contribution in [3.05, 3.63) is 78.1 Å². The molecule has 2 aliphatic heterocycles. The molecule has 0 aliphatic carbocycles. The Kier molecular flexibility index (Phi) is 5.09. The molecule has 1 spiro atoms. The van der Waals surface area contributed by atoms with Gasteiger partial charge in [0.2, 0.25) is 0 Å². The Morgan fingerprint density at radius 3 is 2.72 bits per heavy atom. The van der Waals surface area contributed by atoms with Crippen molar-refractivity contribution in [3.8, 4) is 0 Å². The number of ether oxygens (including phenoxy) is 1. The Balaban J connectivity index is 1.46. The number of amides is 2. The van der Waals surface area contributed by atoms with Crippen LogP contribution in [0.3, 0.4) is 0 Å². The van der Waals surface area contributed by atoms with Crippen LogP contribution in [-0.2, 0) is 16.1 Å². The monoisotopic (exact) mass is 394 g/mol. The minimum Gasteiger partial charge on any atom is -0.445 e. The summed E-state index contributed by atoms with van der Waals surface area (Å²) in [5.41, 5.74) is 0.913. The highest BCUT2D eigenvalue weighted by Crippen LogP contribution is 2.40. The Labute approximate surface area is 169 Å². The summed E-state index contributed by atoms with van der Waals surface area (Å²) in [6, 6.07) is 15.5. The zero-order chi connectivity index (χ0) is 20.4. The van der Waals surface area contributed by atoms with Crippen LogP contribution in [-0.4, -0.2) is 35.0 Å². The fraction of sp³-hybridized carbons (Fsp3) is 0.304. The number of rotatable bonds is 3. The van der Waals surface area contributed by atoms with E-state index in [9.17, 15) is 14.0 Å². The molecule has 2 aliphatic rings. The molecule has 0 unspecified atom stereocenters. The summed E-state index contributed by atoms with van der Waals surface area (Å²) in [4.78, 5) is 28.5. The van der Waals surface area contributed by atoms with Crippen molar-refractivity contribution in [3.63, 3.8) is 0 Å². The van der Waals surface area contributed by atoms with E-state index in [2.05, 4.69) is 0 Å². The first kappa shape index (κ1) is 19.2. The van der Waals surface area contributed by atoms with Gasteiger partial charge in [0.05, 0.1) is 5.54 Å². The maximum atomic E-state index is 13.7. The first-order valence-corrected chi connectivity index (χ1v) is 9.75. The van der Waals surface area contributed by atoms with Crippen LogP contribution in [0.1, 0.15) is 25.3 Å². The second kappa shape index (κ2) is 7.70. The molecule has 6 heteroatoms. The number of benzene rings is 2. The van der Waals surface area contributed by atoms with E-state index in [0.717, 1.165) is 5.56 Å². The highest BCUT2D eigenvalue weighted by Gasteiger charge is 2.47. The molecule has 2 atom stereocenters. The molecule has 29 heavy (non-hydrogen) atoms. The molecular formula is C23H23FN2O3. The second-order valence-electron chi connectivity index (χ2n) is 7.63. The number of nitrogens with zero attached hydrogens (tertiary/aromatic N) is 2. The normalized spacial score (nSPS) is 23.7. The maximum absolute atomic E-state index is 13.7. The van der Waals surface area contributed by atoms with Gasteiger partial charge in [0, 0.05) is 24.4 Å². The van der Waals surface area contributed by atoms with Crippen LogP contribution in [0.4, 0.5) is 14.9 Å². The van der Waals surface area contributed by atoms with Crippen molar-refractivity contribution in [2.75, 3.05) is 11.4 Å². The van der Waals surface area contributed by atoms with Crippen molar-refractivity contribution in [2.45, 2.75) is 38.0 Å². The molecule has 5 nitrogen and oxygen atoms in total. The van der Waals surface area contributed by atoms with Gasteiger partial charge in [-0.3, -0.25) is 9.69 Å². The fourth-order valence-electron chi connectivity index (χ4n) is 4.28. The van der Waals surface area contributed by atoms with Gasteiger partial charge in [-0.2, -0.15) is 0 Å². The van der Waals surface area contributed by atoms with E-state index in [-0.39, 0.29) is 30.5 Å². The zero-order valence-electron chi connectivity index (χ0n) is 16.3. The molecule has 1 saturated heterocycles. The Hall–Kier alpha value is -3.15. The first-order chi connectivity index (χ1) is 14.0. The third-order valence-electron chi connectivity index (χ3n) is 5.67. The van der Waals surface area contributed by atoms with E-state index in [1.165, 1.54) is 12.1 Å². The second-order valence-corrected chi connectivity index (χ2v) is 7.63. The third-order valence-corrected chi connectivity index (χ3v) is 5.67. The number of halogens is 1. The van der Waals surface area contributed by atoms with Gasteiger partial charge >= 0.3 is 6.09 Å². The molecule has 2 heterocycles. The standard InChI is InChI=1S/C23H23FN2O3/c1-17-15-23(11-10-21(27)26(23)20-9-5-8-19(24)14-20)12-13-25(17)22(28)29-16-18-6-3-2-4-7-18/h2-11,14,17H,12-13,15-16H2,1H3/t17-,23-/m0/s1. The first-order valence-electron chi connectivity index (χ1n) is 9.75. The Bertz CT molecular complexity index is 946. The van der Waals surface area contributed by atoms with Crippen LogP contribution in [0, 0.1) is 5.82 Å². The van der Waals surface area contributed by atoms with Gasteiger partial charge in [0.15, 0.2) is 0 Å². The summed E-state index contributed by atoms with van der Waals surface area (Å²) in [5, 5.41) is 0. The summed E-state index contributed by atoms with van der Waals surface area (Å²) >= 11 is 0. The molecule has 0 saturated carbocycles. The third kappa shape index (κ3) is 3.75. The van der Waals surface area contributed by atoms with E-state index in [1.807, 2.05) is 43.3 Å². The molecule has 0 bridgehead atoms. The fourth-order valence-corrected chi connectivity index (χ4v) is 4.28. The lowest BCUT2D eigenvalue weighted by Crippen LogP contribution is -2.57. The number of anilines is 1. The van der Waals surface area contributed by atoms with Crippen LogP contribution in [0.25, 0.3) is 0 Å². The number of carbonyl (C=O) groups is 2. The van der Waals surface area contributed by atoms with Crippen LogP contribution in [0.5, 0.6) is 0 Å². The van der Waals surface area contributed by atoms with Gasteiger partial charge in [0.1, 0.15) is 12.4 Å². The van der Waals surface area contributed by atoms with Crippen LogP contribution < -0.4 is 4.90 Å². The number of carbonyl (C=O) groups excluding carboxylic acids is 2. The van der Waals surface area contributed by atoms with Gasteiger partial charge in [-0.15, -0.1) is 0 Å². The van der Waals surface area contributed by atoms with Crippen molar-refractivity contribution >= 4 is 17.7 Å². The van der Waals surface area contributed by atoms with Gasteiger partial charge in [-0.25, -0.2) is 9.18 Å². The molecule has 0 radical (unpaired) electrons. The van der Waals surface area contributed by atoms with Crippen molar-refractivity contribution in [1.82, 2.24) is 4.90 Å². The number of piperidine rings is 1. The topological polar surface area (TPSA) is 49.9 Å². The summed E-state index contributed by atoms with van der Waals surface area (Å²) in [5.74, 6) is -0.546. The lowest BCUT2D eigenvalue weighted by molar-refractivity contribution is -0.114. The Morgan fingerprint density at radius 2 is 2.00 bits per heavy atom. The van der Waals surface area contributed by atoms with Crippen LogP contribution in [0.2, 0.25) is 0 Å². The summed E-state index contributed by atoms with van der Waals surface area (Å²) in [7, 11) is 0. The largest absolute Gasteiger partial charge is 0.445 e. The molecule has 0 N–H and O–H groups in total. The van der Waals surface area contributed by atoms with E-state index in [1.54, 1.807) is 28.0 Å². The van der Waals surface area contributed by atoms with E-state index < -0.39 is 5.54 Å². The molecule has 2 aromatic rings. The average molecular weight is 394 g/mol. The van der Waals surface area contributed by atoms with Crippen LogP contribution >= 0.6 is 0 Å². The number of hydrogen-bond donors (Lipinski definition) is 0. The van der Waals surface area contributed by atoms with E-state index in [0.29, 0.717) is 25.1 Å². The summed E-state index contributed by atoms with van der Waals surface area (Å²) < 4.78 is 19.2. The molecule has 4 rings (SSSR count). The lowest BCUT2D eigenvalue weighted by atomic mass is 9.83. The molecule has 2 amide bonds. The number of likely N-dealkylation sites (tertiary alicyclic amines) is 1. The van der Waals surface area contributed by atoms with Crippen molar-refractivity contribution in [1.29, 1.82) is 0 Å². The summed E-state index contributed by atoms with van der Waals surface area (Å²) in [6.45, 7) is 2.63. The van der Waals surface area contributed by atoms with Gasteiger partial charge in [0.25, 0.3) is 5.91 Å².